The minimum Gasteiger partial charge on any atom is -0.492 e. The Balaban J connectivity index is 2.05. The molecule has 4 heteroatoms. The average molecular weight is 291 g/mol. The summed E-state index contributed by atoms with van der Waals surface area (Å²) in [6.45, 7) is 2.53. The molecule has 110 valence electrons. The zero-order chi connectivity index (χ0) is 15.4. The summed E-state index contributed by atoms with van der Waals surface area (Å²) >= 11 is 0. The van der Waals surface area contributed by atoms with Crippen LogP contribution in [0.25, 0.3) is 10.8 Å². The predicted octanol–water partition coefficient (Wildman–Crippen LogP) is 5.24. The van der Waals surface area contributed by atoms with E-state index in [0.717, 1.165) is 10.8 Å². The Labute approximate surface area is 129 Å². The van der Waals surface area contributed by atoms with E-state index >= 15 is 0 Å². The maximum Gasteiger partial charge on any atom is 0.146 e. The number of rotatable bonds is 4. The molecule has 0 atom stereocenters. The van der Waals surface area contributed by atoms with E-state index in [0.29, 0.717) is 29.4 Å². The third kappa shape index (κ3) is 2.76. The number of nitrogens with zero attached hydrogens (tertiary/aromatic N) is 2. The lowest BCUT2D eigenvalue weighted by atomic mass is 10.1. The van der Waals surface area contributed by atoms with Gasteiger partial charge in [0.25, 0.3) is 0 Å². The summed E-state index contributed by atoms with van der Waals surface area (Å²) < 4.78 is 5.56. The zero-order valence-electron chi connectivity index (χ0n) is 12.4. The third-order valence-corrected chi connectivity index (χ3v) is 3.35. The quantitative estimate of drug-likeness (QED) is 0.528. The van der Waals surface area contributed by atoms with Gasteiger partial charge in [0.15, 0.2) is 0 Å². The normalized spacial score (nSPS) is 11.1. The summed E-state index contributed by atoms with van der Waals surface area (Å²) in [5.41, 5.74) is 8.05. The summed E-state index contributed by atoms with van der Waals surface area (Å²) in [5.74, 6) is 0.715. The Morgan fingerprint density at radius 3 is 2.55 bits per heavy atom. The molecule has 0 spiro atoms. The number of azo groups is 1. The minimum atomic E-state index is 0.586. The van der Waals surface area contributed by atoms with E-state index in [2.05, 4.69) is 10.2 Å². The van der Waals surface area contributed by atoms with Gasteiger partial charge in [-0.3, -0.25) is 0 Å². The van der Waals surface area contributed by atoms with Crippen molar-refractivity contribution in [2.24, 2.45) is 10.2 Å². The van der Waals surface area contributed by atoms with Crippen LogP contribution in [-0.4, -0.2) is 6.61 Å². The summed E-state index contributed by atoms with van der Waals surface area (Å²) in [6, 6.07) is 19.4. The number of para-hydroxylation sites is 1. The van der Waals surface area contributed by atoms with Crippen molar-refractivity contribution in [2.75, 3.05) is 12.3 Å². The lowest BCUT2D eigenvalue weighted by molar-refractivity contribution is 0.341. The van der Waals surface area contributed by atoms with Crippen LogP contribution in [0.3, 0.4) is 0 Å². The van der Waals surface area contributed by atoms with Crippen LogP contribution in [0.1, 0.15) is 6.92 Å². The second-order valence-electron chi connectivity index (χ2n) is 4.83. The van der Waals surface area contributed by atoms with Crippen molar-refractivity contribution in [2.45, 2.75) is 6.92 Å². The molecule has 0 aromatic heterocycles. The van der Waals surface area contributed by atoms with Gasteiger partial charge in [0.05, 0.1) is 12.3 Å². The third-order valence-electron chi connectivity index (χ3n) is 3.35. The average Bonchev–Trinajstić information content (AvgIpc) is 2.55. The van der Waals surface area contributed by atoms with E-state index < -0.39 is 0 Å². The van der Waals surface area contributed by atoms with Crippen LogP contribution < -0.4 is 10.5 Å². The molecule has 2 N–H and O–H groups in total. The number of anilines is 1. The SMILES string of the molecule is CCOc1ccccc1N=Nc1c(N)ccc2ccccc12. The van der Waals surface area contributed by atoms with Crippen LogP contribution in [0, 0.1) is 0 Å². The Morgan fingerprint density at radius 1 is 0.909 bits per heavy atom. The molecule has 4 nitrogen and oxygen atoms in total. The molecule has 0 saturated carbocycles. The molecular weight excluding hydrogens is 274 g/mol. The maximum absolute atomic E-state index is 6.06. The summed E-state index contributed by atoms with van der Waals surface area (Å²) in [6.07, 6.45) is 0. The van der Waals surface area contributed by atoms with Crippen LogP contribution in [0.2, 0.25) is 0 Å². The van der Waals surface area contributed by atoms with Crippen molar-refractivity contribution in [3.05, 3.63) is 60.7 Å². The summed E-state index contributed by atoms with van der Waals surface area (Å²) in [5, 5.41) is 10.8. The highest BCUT2D eigenvalue weighted by Crippen LogP contribution is 2.35. The van der Waals surface area contributed by atoms with Crippen molar-refractivity contribution in [3.8, 4) is 5.75 Å². The highest BCUT2D eigenvalue weighted by molar-refractivity contribution is 5.97. The number of ether oxygens (including phenoxy) is 1. The van der Waals surface area contributed by atoms with Gasteiger partial charge < -0.3 is 10.5 Å². The Kier molecular flexibility index (Phi) is 4.01. The Hall–Kier alpha value is -2.88. The van der Waals surface area contributed by atoms with Gasteiger partial charge in [0.1, 0.15) is 17.1 Å². The predicted molar refractivity (Wildman–Crippen MR) is 90.1 cm³/mol. The number of fused-ring (bicyclic) bond motifs is 1. The molecule has 3 aromatic carbocycles. The number of hydrogen-bond acceptors (Lipinski definition) is 4. The van der Waals surface area contributed by atoms with Gasteiger partial charge in [0.2, 0.25) is 0 Å². The first-order valence-corrected chi connectivity index (χ1v) is 7.20. The topological polar surface area (TPSA) is 60.0 Å². The molecule has 0 amide bonds. The van der Waals surface area contributed by atoms with Crippen LogP contribution >= 0.6 is 0 Å². The fourth-order valence-electron chi connectivity index (χ4n) is 2.30. The highest BCUT2D eigenvalue weighted by Gasteiger charge is 2.05. The highest BCUT2D eigenvalue weighted by atomic mass is 16.5. The molecule has 0 fully saturated rings. The van der Waals surface area contributed by atoms with Gasteiger partial charge in [-0.1, -0.05) is 42.5 Å². The molecule has 3 aromatic rings. The van der Waals surface area contributed by atoms with Gasteiger partial charge >= 0.3 is 0 Å². The van der Waals surface area contributed by atoms with Crippen molar-refractivity contribution in [1.29, 1.82) is 0 Å². The second kappa shape index (κ2) is 6.26. The maximum atomic E-state index is 6.06. The van der Waals surface area contributed by atoms with Crippen molar-refractivity contribution in [1.82, 2.24) is 0 Å². The van der Waals surface area contributed by atoms with Crippen LogP contribution in [-0.2, 0) is 0 Å². The fourth-order valence-corrected chi connectivity index (χ4v) is 2.30. The molecule has 3 rings (SSSR count). The molecule has 0 radical (unpaired) electrons. The molecule has 0 unspecified atom stereocenters. The first-order valence-electron chi connectivity index (χ1n) is 7.20. The van der Waals surface area contributed by atoms with E-state index in [9.17, 15) is 0 Å². The van der Waals surface area contributed by atoms with Gasteiger partial charge in [-0.15, -0.1) is 10.2 Å². The number of benzene rings is 3. The Bertz CT molecular complexity index is 827. The minimum absolute atomic E-state index is 0.586. The molecule has 0 aliphatic heterocycles. The van der Waals surface area contributed by atoms with Crippen molar-refractivity contribution >= 4 is 27.8 Å². The molecule has 0 aliphatic rings. The molecule has 0 bridgehead atoms. The van der Waals surface area contributed by atoms with E-state index in [1.807, 2.05) is 67.6 Å². The van der Waals surface area contributed by atoms with E-state index in [-0.39, 0.29) is 0 Å². The van der Waals surface area contributed by atoms with Gasteiger partial charge in [-0.05, 0) is 30.5 Å². The monoisotopic (exact) mass is 291 g/mol. The largest absolute Gasteiger partial charge is 0.492 e. The first-order chi connectivity index (χ1) is 10.8. The number of hydrogen-bond donors (Lipinski definition) is 1. The van der Waals surface area contributed by atoms with Crippen LogP contribution in [0.5, 0.6) is 5.75 Å². The number of nitrogens with two attached hydrogens (primary N) is 1. The summed E-state index contributed by atoms with van der Waals surface area (Å²) in [7, 11) is 0. The molecule has 22 heavy (non-hydrogen) atoms. The first kappa shape index (κ1) is 14.1. The Morgan fingerprint density at radius 2 is 1.68 bits per heavy atom. The van der Waals surface area contributed by atoms with Crippen LogP contribution in [0.15, 0.2) is 70.9 Å². The fraction of sp³-hybridized carbons (Fsp3) is 0.111. The lowest BCUT2D eigenvalue weighted by Gasteiger charge is -2.06. The molecular formula is C18H17N3O. The van der Waals surface area contributed by atoms with Crippen molar-refractivity contribution < 1.29 is 4.74 Å². The molecule has 0 aliphatic carbocycles. The van der Waals surface area contributed by atoms with E-state index in [4.69, 9.17) is 10.5 Å². The van der Waals surface area contributed by atoms with Gasteiger partial charge in [0, 0.05) is 5.39 Å². The summed E-state index contributed by atoms with van der Waals surface area (Å²) in [4.78, 5) is 0. The van der Waals surface area contributed by atoms with E-state index in [1.165, 1.54) is 0 Å². The van der Waals surface area contributed by atoms with Gasteiger partial charge in [-0.2, -0.15) is 0 Å². The lowest BCUT2D eigenvalue weighted by Crippen LogP contribution is -1.91. The van der Waals surface area contributed by atoms with E-state index in [1.54, 1.807) is 0 Å². The zero-order valence-corrected chi connectivity index (χ0v) is 12.4. The second-order valence-corrected chi connectivity index (χ2v) is 4.83. The van der Waals surface area contributed by atoms with Gasteiger partial charge in [-0.25, -0.2) is 0 Å². The smallest absolute Gasteiger partial charge is 0.146 e. The molecule has 0 saturated heterocycles. The number of nitrogen functional groups attached to an aromatic ring is 1. The van der Waals surface area contributed by atoms with Crippen molar-refractivity contribution in [3.63, 3.8) is 0 Å². The standard InChI is InChI=1S/C18H17N3O/c1-2-22-17-10-6-5-9-16(17)20-21-18-14-8-4-3-7-13(14)11-12-15(18)19/h3-12H,2,19H2,1H3. The van der Waals surface area contributed by atoms with Crippen LogP contribution in [0.4, 0.5) is 17.1 Å². The molecule has 0 heterocycles.